The third-order valence-electron chi connectivity index (χ3n) is 5.62. The van der Waals surface area contributed by atoms with E-state index in [9.17, 15) is 18.8 Å². The van der Waals surface area contributed by atoms with Crippen LogP contribution in [0.4, 0.5) is 5.95 Å². The number of anilines is 1. The maximum Gasteiger partial charge on any atom is 0.246 e. The Morgan fingerprint density at radius 3 is 2.65 bits per heavy atom. The van der Waals surface area contributed by atoms with Crippen LogP contribution in [0.25, 0.3) is 0 Å². The molecule has 1 aliphatic heterocycles. The van der Waals surface area contributed by atoms with Gasteiger partial charge in [-0.1, -0.05) is 0 Å². The van der Waals surface area contributed by atoms with E-state index in [0.29, 0.717) is 51.1 Å². The van der Waals surface area contributed by atoms with Crippen LogP contribution >= 0.6 is 0 Å². The molecule has 4 rings (SSSR count). The van der Waals surface area contributed by atoms with Crippen LogP contribution < -0.4 is 10.1 Å². The standard InChI is InChI=1S/C19H25N7O4S/c1-25-12-17(11-22-25)31(28,29)26-6-4-14(5-7-26)23-19-21-10-13(9-20)18(24-19)30-16-3-2-15(27)8-16/h10-12,14-16,27H,2-8H2,1H3,(H,21,23,24)/t15-,16-/m0/s1. The van der Waals surface area contributed by atoms with Crippen molar-refractivity contribution in [2.24, 2.45) is 7.05 Å². The molecule has 0 amide bonds. The summed E-state index contributed by atoms with van der Waals surface area (Å²) in [6, 6.07) is 2.03. The molecular formula is C19H25N7O4S. The summed E-state index contributed by atoms with van der Waals surface area (Å²) in [6.07, 6.45) is 6.78. The quantitative estimate of drug-likeness (QED) is 0.651. The van der Waals surface area contributed by atoms with Crippen molar-refractivity contribution in [3.05, 3.63) is 24.2 Å². The van der Waals surface area contributed by atoms with Crippen LogP contribution in [0, 0.1) is 11.3 Å². The molecule has 12 heteroatoms. The highest BCUT2D eigenvalue weighted by molar-refractivity contribution is 7.89. The predicted molar refractivity (Wildman–Crippen MR) is 110 cm³/mol. The maximum atomic E-state index is 12.7. The Labute approximate surface area is 180 Å². The molecule has 11 nitrogen and oxygen atoms in total. The van der Waals surface area contributed by atoms with E-state index in [2.05, 4.69) is 20.4 Å². The molecule has 2 N–H and O–H groups in total. The van der Waals surface area contributed by atoms with Gasteiger partial charge in [0.2, 0.25) is 21.9 Å². The fraction of sp³-hybridized carbons (Fsp3) is 0.579. The van der Waals surface area contributed by atoms with Crippen molar-refractivity contribution in [1.29, 1.82) is 5.26 Å². The van der Waals surface area contributed by atoms with Gasteiger partial charge in [0.15, 0.2) is 0 Å². The van der Waals surface area contributed by atoms with Gasteiger partial charge in [0.25, 0.3) is 0 Å². The number of aliphatic hydroxyl groups is 1. The average molecular weight is 448 g/mol. The lowest BCUT2D eigenvalue weighted by atomic mass is 10.1. The van der Waals surface area contributed by atoms with Gasteiger partial charge in [0.05, 0.1) is 18.5 Å². The Morgan fingerprint density at radius 1 is 1.26 bits per heavy atom. The minimum atomic E-state index is -3.56. The van der Waals surface area contributed by atoms with Gasteiger partial charge in [-0.05, 0) is 25.7 Å². The summed E-state index contributed by atoms with van der Waals surface area (Å²) >= 11 is 0. The fourth-order valence-electron chi connectivity index (χ4n) is 3.89. The zero-order chi connectivity index (χ0) is 22.0. The molecule has 1 aliphatic carbocycles. The number of rotatable bonds is 6. The molecule has 2 aromatic heterocycles. The Hall–Kier alpha value is -2.75. The lowest BCUT2D eigenvalue weighted by Gasteiger charge is -2.31. The van der Waals surface area contributed by atoms with E-state index in [1.165, 1.54) is 27.6 Å². The maximum absolute atomic E-state index is 12.7. The molecule has 3 heterocycles. The number of aliphatic hydroxyl groups excluding tert-OH is 1. The first-order chi connectivity index (χ1) is 14.8. The largest absolute Gasteiger partial charge is 0.473 e. The summed E-state index contributed by atoms with van der Waals surface area (Å²) in [4.78, 5) is 8.74. The molecule has 31 heavy (non-hydrogen) atoms. The highest BCUT2D eigenvalue weighted by Gasteiger charge is 2.31. The Kier molecular flexibility index (Phi) is 6.08. The van der Waals surface area contributed by atoms with Crippen LogP contribution in [0.2, 0.25) is 0 Å². The van der Waals surface area contributed by atoms with Gasteiger partial charge in [-0.25, -0.2) is 13.4 Å². The van der Waals surface area contributed by atoms with Crippen LogP contribution in [0.1, 0.15) is 37.7 Å². The minimum absolute atomic E-state index is 0.00515. The molecule has 166 valence electrons. The van der Waals surface area contributed by atoms with E-state index in [4.69, 9.17) is 4.74 Å². The molecule has 1 saturated heterocycles. The Balaban J connectivity index is 1.38. The van der Waals surface area contributed by atoms with Crippen LogP contribution in [0.3, 0.4) is 0 Å². The van der Waals surface area contributed by atoms with Gasteiger partial charge in [0, 0.05) is 38.8 Å². The van der Waals surface area contributed by atoms with Gasteiger partial charge in [-0.2, -0.15) is 19.6 Å². The summed E-state index contributed by atoms with van der Waals surface area (Å²) in [5.74, 6) is 0.539. The number of sulfonamides is 1. The van der Waals surface area contributed by atoms with Gasteiger partial charge in [-0.3, -0.25) is 4.68 Å². The number of ether oxygens (including phenoxy) is 1. The van der Waals surface area contributed by atoms with E-state index in [1.807, 2.05) is 6.07 Å². The van der Waals surface area contributed by atoms with Gasteiger partial charge in [-0.15, -0.1) is 0 Å². The highest BCUT2D eigenvalue weighted by atomic mass is 32.2. The molecule has 0 unspecified atom stereocenters. The van der Waals surface area contributed by atoms with E-state index < -0.39 is 10.0 Å². The fourth-order valence-corrected chi connectivity index (χ4v) is 5.34. The number of piperidine rings is 1. The van der Waals surface area contributed by atoms with Crippen LogP contribution in [-0.2, 0) is 17.1 Å². The molecule has 2 fully saturated rings. The van der Waals surface area contributed by atoms with Crippen LogP contribution in [-0.4, -0.2) is 68.9 Å². The van der Waals surface area contributed by atoms with Gasteiger partial charge in [0.1, 0.15) is 22.6 Å². The van der Waals surface area contributed by atoms with E-state index >= 15 is 0 Å². The SMILES string of the molecule is Cn1cc(S(=O)(=O)N2CCC(Nc3ncc(C#N)c(O[C@H]4CC[C@H](O)C4)n3)CC2)cn1. The Bertz CT molecular complexity index is 1070. The van der Waals surface area contributed by atoms with Crippen LogP contribution in [0.15, 0.2) is 23.5 Å². The summed E-state index contributed by atoms with van der Waals surface area (Å²) in [5.41, 5.74) is 0.240. The van der Waals surface area contributed by atoms with E-state index in [1.54, 1.807) is 7.05 Å². The number of aromatic nitrogens is 4. The number of nitriles is 1. The van der Waals surface area contributed by atoms with Crippen molar-refractivity contribution in [1.82, 2.24) is 24.1 Å². The van der Waals surface area contributed by atoms with Crippen molar-refractivity contribution in [2.75, 3.05) is 18.4 Å². The van der Waals surface area contributed by atoms with Crippen molar-refractivity contribution < 1.29 is 18.3 Å². The molecule has 0 spiro atoms. The summed E-state index contributed by atoms with van der Waals surface area (Å²) in [6.45, 7) is 0.739. The topological polar surface area (TPSA) is 146 Å². The monoisotopic (exact) mass is 447 g/mol. The number of nitrogens with one attached hydrogen (secondary N) is 1. The zero-order valence-electron chi connectivity index (χ0n) is 17.2. The average Bonchev–Trinajstić information content (AvgIpc) is 3.37. The van der Waals surface area contributed by atoms with Crippen LogP contribution in [0.5, 0.6) is 5.88 Å². The molecule has 2 aliphatic rings. The minimum Gasteiger partial charge on any atom is -0.473 e. The van der Waals surface area contributed by atoms with Gasteiger partial charge >= 0.3 is 0 Å². The second-order valence-electron chi connectivity index (χ2n) is 7.90. The normalized spacial score (nSPS) is 22.9. The Morgan fingerprint density at radius 2 is 2.03 bits per heavy atom. The van der Waals surface area contributed by atoms with E-state index in [-0.39, 0.29) is 34.6 Å². The second-order valence-corrected chi connectivity index (χ2v) is 9.84. The summed E-state index contributed by atoms with van der Waals surface area (Å²) in [7, 11) is -1.88. The van der Waals surface area contributed by atoms with Crippen molar-refractivity contribution >= 4 is 16.0 Å². The first-order valence-corrected chi connectivity index (χ1v) is 11.7. The van der Waals surface area contributed by atoms with Crippen molar-refractivity contribution in [2.45, 2.75) is 55.2 Å². The van der Waals surface area contributed by atoms with Crippen molar-refractivity contribution in [3.8, 4) is 11.9 Å². The molecule has 0 aromatic carbocycles. The highest BCUT2D eigenvalue weighted by Crippen LogP contribution is 2.27. The summed E-state index contributed by atoms with van der Waals surface area (Å²) in [5, 5.41) is 26.2. The molecule has 0 radical (unpaired) electrons. The predicted octanol–water partition coefficient (Wildman–Crippen LogP) is 0.639. The lowest BCUT2D eigenvalue weighted by Crippen LogP contribution is -2.42. The first kappa shape index (κ1) is 21.5. The summed E-state index contributed by atoms with van der Waals surface area (Å²) < 4.78 is 34.2. The number of hydrogen-bond acceptors (Lipinski definition) is 9. The van der Waals surface area contributed by atoms with Crippen molar-refractivity contribution in [3.63, 3.8) is 0 Å². The molecule has 2 atom stereocenters. The molecule has 1 saturated carbocycles. The number of aryl methyl sites for hydroxylation is 1. The van der Waals surface area contributed by atoms with Gasteiger partial charge < -0.3 is 15.2 Å². The lowest BCUT2D eigenvalue weighted by molar-refractivity contribution is 0.146. The first-order valence-electron chi connectivity index (χ1n) is 10.2. The smallest absolute Gasteiger partial charge is 0.246 e. The third kappa shape index (κ3) is 4.79. The number of nitrogens with zero attached hydrogens (tertiary/aromatic N) is 6. The van der Waals surface area contributed by atoms with E-state index in [0.717, 1.165) is 0 Å². The second kappa shape index (κ2) is 8.78. The zero-order valence-corrected chi connectivity index (χ0v) is 18.0. The molecular weight excluding hydrogens is 422 g/mol. The number of hydrogen-bond donors (Lipinski definition) is 2. The third-order valence-corrected chi connectivity index (χ3v) is 7.47. The molecule has 2 aromatic rings. The molecule has 0 bridgehead atoms.